The van der Waals surface area contributed by atoms with Crippen LogP contribution >= 0.6 is 0 Å². The summed E-state index contributed by atoms with van der Waals surface area (Å²) < 4.78 is 28.5. The molecule has 0 fully saturated rings. The summed E-state index contributed by atoms with van der Waals surface area (Å²) in [5.41, 5.74) is 3.59. The average molecular weight is 452 g/mol. The van der Waals surface area contributed by atoms with E-state index in [4.69, 9.17) is 0 Å². The number of sulfonamides is 1. The number of anilines is 3. The monoisotopic (exact) mass is 451 g/mol. The normalized spacial score (nSPS) is 10.9. The number of carbonyl (C=O) groups is 2. The smallest absolute Gasteiger partial charge is 0.261 e. The third-order valence-electron chi connectivity index (χ3n) is 4.75. The van der Waals surface area contributed by atoms with Gasteiger partial charge in [-0.05, 0) is 61.9 Å². The van der Waals surface area contributed by atoms with Crippen LogP contribution in [0, 0.1) is 6.92 Å². The van der Waals surface area contributed by atoms with Crippen molar-refractivity contribution in [1.82, 2.24) is 5.32 Å². The molecule has 0 spiro atoms. The maximum Gasteiger partial charge on any atom is 0.261 e. The topological polar surface area (TPSA) is 104 Å². The van der Waals surface area contributed by atoms with Crippen LogP contribution in [0.5, 0.6) is 0 Å². The van der Waals surface area contributed by atoms with Crippen molar-refractivity contribution in [2.75, 3.05) is 16.6 Å². The van der Waals surface area contributed by atoms with E-state index in [0.717, 1.165) is 17.4 Å². The van der Waals surface area contributed by atoms with Crippen LogP contribution in [0.2, 0.25) is 0 Å². The maximum atomic E-state index is 13.0. The quantitative estimate of drug-likeness (QED) is 0.426. The summed E-state index contributed by atoms with van der Waals surface area (Å²) in [6.45, 7) is 4.14. The summed E-state index contributed by atoms with van der Waals surface area (Å²) in [5, 5.41) is 5.89. The van der Waals surface area contributed by atoms with Gasteiger partial charge in [0, 0.05) is 24.2 Å². The summed E-state index contributed by atoms with van der Waals surface area (Å²) in [5.74, 6) is -0.298. The van der Waals surface area contributed by atoms with Crippen LogP contribution in [0.1, 0.15) is 28.4 Å². The molecule has 0 bridgehead atoms. The molecule has 0 aromatic heterocycles. The van der Waals surface area contributed by atoms with Crippen LogP contribution in [0.15, 0.2) is 71.6 Å². The van der Waals surface area contributed by atoms with Crippen molar-refractivity contribution in [3.63, 3.8) is 0 Å². The maximum absolute atomic E-state index is 13.0. The van der Waals surface area contributed by atoms with Crippen molar-refractivity contribution >= 4 is 39.3 Å². The minimum Gasteiger partial charge on any atom is -0.354 e. The fraction of sp³-hybridized carbons (Fsp3) is 0.167. The molecular formula is C24H25N3O4S. The Labute approximate surface area is 187 Å². The molecule has 0 atom stereocenters. The minimum absolute atomic E-state index is 0.121. The second kappa shape index (κ2) is 10.1. The first-order valence-electron chi connectivity index (χ1n) is 10.1. The summed E-state index contributed by atoms with van der Waals surface area (Å²) in [6.07, 6.45) is 1.16. The molecule has 3 aromatic carbocycles. The van der Waals surface area contributed by atoms with Crippen LogP contribution in [-0.2, 0) is 21.2 Å². The first-order valence-corrected chi connectivity index (χ1v) is 11.6. The van der Waals surface area contributed by atoms with Crippen LogP contribution in [0.25, 0.3) is 0 Å². The molecule has 7 nitrogen and oxygen atoms in total. The van der Waals surface area contributed by atoms with E-state index >= 15 is 0 Å². The standard InChI is InChI=1S/C24H25N3O4S/c1-3-25-24(29)19-8-13-22(26-20-9-6-18(7-10-20)14-15-28)23(16-19)27-32(30,31)21-11-4-17(2)5-12-21/h4-13,15-16,26-27H,3,14H2,1-2H3,(H,25,29). The lowest BCUT2D eigenvalue weighted by molar-refractivity contribution is -0.107. The van der Waals surface area contributed by atoms with Gasteiger partial charge in [0.1, 0.15) is 6.29 Å². The Morgan fingerprint density at radius 1 is 0.938 bits per heavy atom. The molecule has 1 amide bonds. The lowest BCUT2D eigenvalue weighted by Gasteiger charge is -2.16. The zero-order valence-electron chi connectivity index (χ0n) is 17.9. The zero-order valence-corrected chi connectivity index (χ0v) is 18.7. The number of aryl methyl sites for hydroxylation is 1. The highest BCUT2D eigenvalue weighted by atomic mass is 32.2. The van der Waals surface area contributed by atoms with E-state index in [1.165, 1.54) is 18.2 Å². The van der Waals surface area contributed by atoms with Crippen molar-refractivity contribution in [1.29, 1.82) is 0 Å². The molecule has 0 radical (unpaired) electrons. The van der Waals surface area contributed by atoms with Crippen LogP contribution < -0.4 is 15.4 Å². The van der Waals surface area contributed by atoms with Crippen LogP contribution in [0.4, 0.5) is 17.1 Å². The van der Waals surface area contributed by atoms with Gasteiger partial charge in [0.15, 0.2) is 0 Å². The number of amides is 1. The fourth-order valence-corrected chi connectivity index (χ4v) is 4.11. The van der Waals surface area contributed by atoms with Gasteiger partial charge in [0.05, 0.1) is 16.3 Å². The molecule has 8 heteroatoms. The largest absolute Gasteiger partial charge is 0.354 e. The van der Waals surface area contributed by atoms with Gasteiger partial charge in [-0.1, -0.05) is 29.8 Å². The first kappa shape index (κ1) is 23.0. The molecule has 0 unspecified atom stereocenters. The third kappa shape index (κ3) is 5.73. The lowest BCUT2D eigenvalue weighted by Crippen LogP contribution is -2.23. The highest BCUT2D eigenvalue weighted by molar-refractivity contribution is 7.92. The van der Waals surface area contributed by atoms with Crippen LogP contribution in [0.3, 0.4) is 0 Å². The SMILES string of the molecule is CCNC(=O)c1ccc(Nc2ccc(CC=O)cc2)c(NS(=O)(=O)c2ccc(C)cc2)c1. The summed E-state index contributed by atoms with van der Waals surface area (Å²) in [7, 11) is -3.87. The molecule has 0 aliphatic heterocycles. The van der Waals surface area contributed by atoms with E-state index in [2.05, 4.69) is 15.4 Å². The highest BCUT2D eigenvalue weighted by Crippen LogP contribution is 2.29. The predicted molar refractivity (Wildman–Crippen MR) is 126 cm³/mol. The Morgan fingerprint density at radius 2 is 1.62 bits per heavy atom. The van der Waals surface area contributed by atoms with E-state index in [1.807, 2.05) is 26.0 Å². The minimum atomic E-state index is -3.87. The van der Waals surface area contributed by atoms with E-state index < -0.39 is 10.0 Å². The number of hydrogen-bond donors (Lipinski definition) is 3. The second-order valence-corrected chi connectivity index (χ2v) is 8.91. The average Bonchev–Trinajstić information content (AvgIpc) is 2.77. The Kier molecular flexibility index (Phi) is 7.27. The van der Waals surface area contributed by atoms with E-state index in [0.29, 0.717) is 29.9 Å². The van der Waals surface area contributed by atoms with Gasteiger partial charge in [-0.2, -0.15) is 0 Å². The summed E-state index contributed by atoms with van der Waals surface area (Å²) in [4.78, 5) is 23.1. The third-order valence-corrected chi connectivity index (χ3v) is 6.13. The van der Waals surface area contributed by atoms with Crippen molar-refractivity contribution < 1.29 is 18.0 Å². The van der Waals surface area contributed by atoms with E-state index in [9.17, 15) is 18.0 Å². The van der Waals surface area contributed by atoms with Crippen molar-refractivity contribution in [2.24, 2.45) is 0 Å². The molecule has 3 aromatic rings. The Bertz CT molecular complexity index is 1200. The molecule has 166 valence electrons. The fourth-order valence-electron chi connectivity index (χ4n) is 3.04. The van der Waals surface area contributed by atoms with Crippen molar-refractivity contribution in [3.8, 4) is 0 Å². The van der Waals surface area contributed by atoms with E-state index in [-0.39, 0.29) is 16.5 Å². The summed E-state index contributed by atoms with van der Waals surface area (Å²) >= 11 is 0. The van der Waals surface area contributed by atoms with Crippen molar-refractivity contribution in [3.05, 3.63) is 83.4 Å². The molecule has 0 heterocycles. The first-order chi connectivity index (χ1) is 15.3. The molecule has 0 saturated carbocycles. The Balaban J connectivity index is 1.96. The molecule has 0 saturated heterocycles. The summed E-state index contributed by atoms with van der Waals surface area (Å²) in [6, 6.07) is 18.5. The zero-order chi connectivity index (χ0) is 23.1. The van der Waals surface area contributed by atoms with Crippen LogP contribution in [-0.4, -0.2) is 27.2 Å². The number of hydrogen-bond acceptors (Lipinski definition) is 5. The molecular weight excluding hydrogens is 426 g/mol. The van der Waals surface area contributed by atoms with Gasteiger partial charge in [-0.25, -0.2) is 8.42 Å². The molecule has 0 aliphatic carbocycles. The molecule has 32 heavy (non-hydrogen) atoms. The van der Waals surface area contributed by atoms with Gasteiger partial charge in [-0.15, -0.1) is 0 Å². The van der Waals surface area contributed by atoms with Gasteiger partial charge in [0.25, 0.3) is 15.9 Å². The van der Waals surface area contributed by atoms with Gasteiger partial charge in [0.2, 0.25) is 0 Å². The highest BCUT2D eigenvalue weighted by Gasteiger charge is 2.18. The number of carbonyl (C=O) groups excluding carboxylic acids is 2. The van der Waals surface area contributed by atoms with E-state index in [1.54, 1.807) is 36.4 Å². The van der Waals surface area contributed by atoms with Gasteiger partial charge < -0.3 is 15.4 Å². The van der Waals surface area contributed by atoms with Crippen molar-refractivity contribution in [2.45, 2.75) is 25.2 Å². The Hall–Kier alpha value is -3.65. The number of benzene rings is 3. The second-order valence-electron chi connectivity index (χ2n) is 7.23. The lowest BCUT2D eigenvalue weighted by atomic mass is 10.1. The predicted octanol–water partition coefficient (Wildman–Crippen LogP) is 4.03. The number of rotatable bonds is 9. The number of aldehydes is 1. The van der Waals surface area contributed by atoms with Gasteiger partial charge in [-0.3, -0.25) is 9.52 Å². The number of nitrogens with one attached hydrogen (secondary N) is 3. The van der Waals surface area contributed by atoms with Gasteiger partial charge >= 0.3 is 0 Å². The molecule has 0 aliphatic rings. The Morgan fingerprint density at radius 3 is 2.25 bits per heavy atom. The molecule has 3 rings (SSSR count). The molecule has 3 N–H and O–H groups in total.